The molecule has 1 aliphatic heterocycles. The van der Waals surface area contributed by atoms with E-state index in [1.165, 1.54) is 12.6 Å². The fraction of sp³-hybridized carbons (Fsp3) is 0.556. The molecule has 1 aliphatic rings. The Bertz CT molecular complexity index is 291. The zero-order chi connectivity index (χ0) is 9.80. The van der Waals surface area contributed by atoms with E-state index in [1.54, 1.807) is 0 Å². The van der Waals surface area contributed by atoms with Gasteiger partial charge in [-0.25, -0.2) is 4.98 Å². The maximum absolute atomic E-state index is 11.4. The Labute approximate surface area is 81.5 Å². The van der Waals surface area contributed by atoms with Gasteiger partial charge in [0.15, 0.2) is 6.39 Å². The Hall–Kier alpha value is -1.36. The van der Waals surface area contributed by atoms with Crippen LogP contribution in [0.3, 0.4) is 0 Å². The number of nitrogens with zero attached hydrogens (tertiary/aromatic N) is 1. The molecule has 0 spiro atoms. The third-order valence-corrected chi connectivity index (χ3v) is 2.17. The van der Waals surface area contributed by atoms with Crippen molar-refractivity contribution in [2.75, 3.05) is 13.2 Å². The zero-order valence-corrected chi connectivity index (χ0v) is 7.73. The first-order valence-corrected chi connectivity index (χ1v) is 4.64. The first-order valence-electron chi connectivity index (χ1n) is 4.64. The Kier molecular flexibility index (Phi) is 2.78. The van der Waals surface area contributed by atoms with Gasteiger partial charge >= 0.3 is 0 Å². The summed E-state index contributed by atoms with van der Waals surface area (Å²) in [6.07, 6.45) is 4.87. The standard InChI is InChI=1S/C9H12N2O3/c12-9(8-5-10-6-14-8)11-4-7-2-1-3-13-7/h5-7H,1-4H2,(H,11,12)/t7-/m1/s1. The third kappa shape index (κ3) is 2.11. The van der Waals surface area contributed by atoms with Crippen LogP contribution >= 0.6 is 0 Å². The van der Waals surface area contributed by atoms with E-state index in [1.807, 2.05) is 0 Å². The minimum atomic E-state index is -0.238. The first kappa shape index (κ1) is 9.21. The molecule has 2 heterocycles. The highest BCUT2D eigenvalue weighted by atomic mass is 16.5. The molecule has 5 nitrogen and oxygen atoms in total. The van der Waals surface area contributed by atoms with Crippen LogP contribution in [0, 0.1) is 0 Å². The van der Waals surface area contributed by atoms with Crippen molar-refractivity contribution in [2.24, 2.45) is 0 Å². The summed E-state index contributed by atoms with van der Waals surface area (Å²) in [5.41, 5.74) is 0. The van der Waals surface area contributed by atoms with E-state index in [9.17, 15) is 4.79 Å². The van der Waals surface area contributed by atoms with E-state index >= 15 is 0 Å². The van der Waals surface area contributed by atoms with E-state index in [0.29, 0.717) is 6.54 Å². The van der Waals surface area contributed by atoms with Crippen LogP contribution < -0.4 is 5.32 Å². The fourth-order valence-corrected chi connectivity index (χ4v) is 1.43. The second-order valence-electron chi connectivity index (χ2n) is 3.21. The molecule has 0 unspecified atom stereocenters. The number of nitrogens with one attached hydrogen (secondary N) is 1. The van der Waals surface area contributed by atoms with Crippen LogP contribution in [-0.4, -0.2) is 30.1 Å². The molecule has 5 heteroatoms. The molecule has 0 aromatic carbocycles. The molecule has 1 saturated heterocycles. The number of hydrogen-bond acceptors (Lipinski definition) is 4. The summed E-state index contributed by atoms with van der Waals surface area (Å²) < 4.78 is 10.2. The second-order valence-corrected chi connectivity index (χ2v) is 3.21. The van der Waals surface area contributed by atoms with Crippen LogP contribution in [0.25, 0.3) is 0 Å². The Morgan fingerprint density at radius 3 is 3.29 bits per heavy atom. The van der Waals surface area contributed by atoms with Crippen molar-refractivity contribution in [1.29, 1.82) is 0 Å². The highest BCUT2D eigenvalue weighted by Crippen LogP contribution is 2.10. The normalized spacial score (nSPS) is 21.0. The van der Waals surface area contributed by atoms with Gasteiger partial charge in [0.05, 0.1) is 12.3 Å². The van der Waals surface area contributed by atoms with Crippen LogP contribution in [0.2, 0.25) is 0 Å². The molecule has 1 atom stereocenters. The van der Waals surface area contributed by atoms with Crippen LogP contribution in [-0.2, 0) is 4.74 Å². The van der Waals surface area contributed by atoms with E-state index < -0.39 is 0 Å². The van der Waals surface area contributed by atoms with Crippen molar-refractivity contribution in [2.45, 2.75) is 18.9 Å². The molecular weight excluding hydrogens is 184 g/mol. The molecule has 1 aromatic heterocycles. The number of oxazole rings is 1. The lowest BCUT2D eigenvalue weighted by Gasteiger charge is -2.08. The summed E-state index contributed by atoms with van der Waals surface area (Å²) in [4.78, 5) is 15.0. The second kappa shape index (κ2) is 4.23. The molecule has 1 N–H and O–H groups in total. The smallest absolute Gasteiger partial charge is 0.288 e. The van der Waals surface area contributed by atoms with Gasteiger partial charge in [0.1, 0.15) is 0 Å². The molecule has 76 valence electrons. The number of aromatic nitrogens is 1. The molecule has 1 aromatic rings. The molecule has 0 radical (unpaired) electrons. The van der Waals surface area contributed by atoms with E-state index in [-0.39, 0.29) is 17.8 Å². The average molecular weight is 196 g/mol. The summed E-state index contributed by atoms with van der Waals surface area (Å²) in [7, 11) is 0. The number of ether oxygens (including phenoxy) is 1. The molecule has 2 rings (SSSR count). The number of carbonyl (C=O) groups excluding carboxylic acids is 1. The molecule has 0 bridgehead atoms. The van der Waals surface area contributed by atoms with Gasteiger partial charge < -0.3 is 14.5 Å². The predicted molar refractivity (Wildman–Crippen MR) is 47.8 cm³/mol. The molecular formula is C9H12N2O3. The topological polar surface area (TPSA) is 64.4 Å². The van der Waals surface area contributed by atoms with Gasteiger partial charge in [-0.05, 0) is 12.8 Å². The lowest BCUT2D eigenvalue weighted by Crippen LogP contribution is -2.31. The Morgan fingerprint density at radius 2 is 2.64 bits per heavy atom. The summed E-state index contributed by atoms with van der Waals surface area (Å²) in [6.45, 7) is 1.34. The van der Waals surface area contributed by atoms with Crippen LogP contribution in [0.15, 0.2) is 17.0 Å². The minimum absolute atomic E-state index is 0.155. The minimum Gasteiger partial charge on any atom is -0.438 e. The maximum atomic E-state index is 11.4. The summed E-state index contributed by atoms with van der Waals surface area (Å²) in [5.74, 6) is 0.000923. The van der Waals surface area contributed by atoms with Crippen LogP contribution in [0.4, 0.5) is 0 Å². The zero-order valence-electron chi connectivity index (χ0n) is 7.73. The lowest BCUT2D eigenvalue weighted by atomic mass is 10.2. The van der Waals surface area contributed by atoms with Gasteiger partial charge in [0, 0.05) is 13.2 Å². The van der Waals surface area contributed by atoms with Gasteiger partial charge in [-0.2, -0.15) is 0 Å². The SMILES string of the molecule is O=C(NC[C@H]1CCCO1)c1cnco1. The molecule has 1 amide bonds. The monoisotopic (exact) mass is 196 g/mol. The van der Waals surface area contributed by atoms with Crippen molar-refractivity contribution in [3.05, 3.63) is 18.4 Å². The summed E-state index contributed by atoms with van der Waals surface area (Å²) in [5, 5.41) is 2.73. The fourth-order valence-electron chi connectivity index (χ4n) is 1.43. The molecule has 14 heavy (non-hydrogen) atoms. The molecule has 0 aliphatic carbocycles. The molecule has 1 fully saturated rings. The summed E-state index contributed by atoms with van der Waals surface area (Å²) >= 11 is 0. The van der Waals surface area contributed by atoms with Gasteiger partial charge in [-0.15, -0.1) is 0 Å². The van der Waals surface area contributed by atoms with Gasteiger partial charge in [-0.1, -0.05) is 0 Å². The van der Waals surface area contributed by atoms with E-state index in [2.05, 4.69) is 10.3 Å². The van der Waals surface area contributed by atoms with Crippen molar-refractivity contribution in [3.8, 4) is 0 Å². The van der Waals surface area contributed by atoms with Crippen LogP contribution in [0.5, 0.6) is 0 Å². The average Bonchev–Trinajstić information content (AvgIpc) is 2.87. The lowest BCUT2D eigenvalue weighted by molar-refractivity contribution is 0.0835. The highest BCUT2D eigenvalue weighted by Gasteiger charge is 2.17. The quantitative estimate of drug-likeness (QED) is 0.768. The Balaban J connectivity index is 1.78. The molecule has 0 saturated carbocycles. The first-order chi connectivity index (χ1) is 6.86. The Morgan fingerprint density at radius 1 is 1.71 bits per heavy atom. The number of amides is 1. The van der Waals surface area contributed by atoms with Crippen molar-refractivity contribution >= 4 is 5.91 Å². The highest BCUT2D eigenvalue weighted by molar-refractivity contribution is 5.90. The number of rotatable bonds is 3. The van der Waals surface area contributed by atoms with E-state index in [4.69, 9.17) is 9.15 Å². The third-order valence-electron chi connectivity index (χ3n) is 2.17. The van der Waals surface area contributed by atoms with Gasteiger partial charge in [0.2, 0.25) is 5.76 Å². The predicted octanol–water partition coefficient (Wildman–Crippen LogP) is 0.583. The van der Waals surface area contributed by atoms with Crippen LogP contribution in [0.1, 0.15) is 23.4 Å². The van der Waals surface area contributed by atoms with Crippen molar-refractivity contribution < 1.29 is 13.9 Å². The maximum Gasteiger partial charge on any atom is 0.288 e. The summed E-state index contributed by atoms with van der Waals surface area (Å²) in [6, 6.07) is 0. The van der Waals surface area contributed by atoms with Crippen molar-refractivity contribution in [3.63, 3.8) is 0 Å². The van der Waals surface area contributed by atoms with E-state index in [0.717, 1.165) is 19.4 Å². The largest absolute Gasteiger partial charge is 0.438 e. The number of carbonyl (C=O) groups is 1. The van der Waals surface area contributed by atoms with Gasteiger partial charge in [-0.3, -0.25) is 4.79 Å². The van der Waals surface area contributed by atoms with Gasteiger partial charge in [0.25, 0.3) is 5.91 Å². The number of hydrogen-bond donors (Lipinski definition) is 1. The van der Waals surface area contributed by atoms with Crippen molar-refractivity contribution in [1.82, 2.24) is 10.3 Å².